The molecule has 16 heavy (non-hydrogen) atoms. The van der Waals surface area contributed by atoms with Gasteiger partial charge in [-0.25, -0.2) is 0 Å². The number of thioether (sulfide) groups is 1. The summed E-state index contributed by atoms with van der Waals surface area (Å²) in [5, 5.41) is 0.415. The van der Waals surface area contributed by atoms with E-state index in [4.69, 9.17) is 9.47 Å². The molecule has 0 N–H and O–H groups in total. The van der Waals surface area contributed by atoms with Crippen molar-refractivity contribution in [3.8, 4) is 0 Å². The second-order valence-electron chi connectivity index (χ2n) is 4.34. The highest BCUT2D eigenvalue weighted by molar-refractivity contribution is 8.00. The van der Waals surface area contributed by atoms with Crippen LogP contribution in [0.2, 0.25) is 0 Å². The van der Waals surface area contributed by atoms with Crippen LogP contribution in [0.1, 0.15) is 25.0 Å². The van der Waals surface area contributed by atoms with Gasteiger partial charge in [0.1, 0.15) is 0 Å². The average molecular weight is 236 g/mol. The van der Waals surface area contributed by atoms with Gasteiger partial charge in [-0.05, 0) is 25.0 Å². The van der Waals surface area contributed by atoms with Crippen LogP contribution in [0.3, 0.4) is 0 Å². The largest absolute Gasteiger partial charge is 0.377 e. The lowest BCUT2D eigenvalue weighted by Crippen LogP contribution is -2.31. The van der Waals surface area contributed by atoms with Crippen LogP contribution in [-0.2, 0) is 9.47 Å². The Hall–Kier alpha value is -0.510. The second-order valence-corrected chi connectivity index (χ2v) is 5.56. The van der Waals surface area contributed by atoms with Gasteiger partial charge in [0, 0.05) is 18.1 Å². The first-order valence-electron chi connectivity index (χ1n) is 5.85. The van der Waals surface area contributed by atoms with E-state index in [1.54, 1.807) is 0 Å². The van der Waals surface area contributed by atoms with Crippen molar-refractivity contribution >= 4 is 11.8 Å². The zero-order valence-electron chi connectivity index (χ0n) is 9.39. The minimum atomic E-state index is 0.219. The SMILES string of the molecule is CC1OCCCOC2c3ccccc3SC12. The highest BCUT2D eigenvalue weighted by Crippen LogP contribution is 2.48. The molecule has 86 valence electrons. The molecule has 0 spiro atoms. The fraction of sp³-hybridized carbons (Fsp3) is 0.538. The Morgan fingerprint density at radius 1 is 1.19 bits per heavy atom. The number of hydrogen-bond acceptors (Lipinski definition) is 3. The van der Waals surface area contributed by atoms with Crippen molar-refractivity contribution in [1.82, 2.24) is 0 Å². The molecule has 3 rings (SSSR count). The zero-order valence-corrected chi connectivity index (χ0v) is 10.2. The van der Waals surface area contributed by atoms with Crippen LogP contribution >= 0.6 is 11.8 Å². The van der Waals surface area contributed by atoms with Crippen LogP contribution < -0.4 is 0 Å². The predicted molar refractivity (Wildman–Crippen MR) is 64.8 cm³/mol. The minimum absolute atomic E-state index is 0.219. The van der Waals surface area contributed by atoms with Gasteiger partial charge in [-0.3, -0.25) is 0 Å². The number of hydrogen-bond donors (Lipinski definition) is 0. The molecule has 3 heteroatoms. The number of rotatable bonds is 0. The second kappa shape index (κ2) is 4.40. The van der Waals surface area contributed by atoms with Crippen LogP contribution in [0.25, 0.3) is 0 Å². The number of ether oxygens (including phenoxy) is 2. The molecule has 1 saturated heterocycles. The summed E-state index contributed by atoms with van der Waals surface area (Å²) in [6.07, 6.45) is 1.49. The van der Waals surface area contributed by atoms with Crippen LogP contribution in [-0.4, -0.2) is 24.6 Å². The number of benzene rings is 1. The first-order chi connectivity index (χ1) is 7.86. The molecule has 2 heterocycles. The molecule has 0 aromatic heterocycles. The quantitative estimate of drug-likeness (QED) is 0.690. The summed E-state index contributed by atoms with van der Waals surface area (Å²) in [6.45, 7) is 3.79. The Morgan fingerprint density at radius 2 is 2.00 bits per heavy atom. The van der Waals surface area contributed by atoms with Crippen molar-refractivity contribution in [2.24, 2.45) is 0 Å². The molecule has 3 unspecified atom stereocenters. The Morgan fingerprint density at radius 3 is 2.94 bits per heavy atom. The monoisotopic (exact) mass is 236 g/mol. The highest BCUT2D eigenvalue weighted by Gasteiger charge is 2.38. The van der Waals surface area contributed by atoms with Gasteiger partial charge in [-0.1, -0.05) is 18.2 Å². The third-order valence-corrected chi connectivity index (χ3v) is 4.74. The van der Waals surface area contributed by atoms with E-state index in [-0.39, 0.29) is 12.2 Å². The van der Waals surface area contributed by atoms with Crippen molar-refractivity contribution in [2.45, 2.75) is 35.7 Å². The maximum absolute atomic E-state index is 6.00. The molecule has 0 bridgehead atoms. The van der Waals surface area contributed by atoms with Crippen molar-refractivity contribution in [2.75, 3.05) is 13.2 Å². The fourth-order valence-corrected chi connectivity index (χ4v) is 3.76. The molecular weight excluding hydrogens is 220 g/mol. The summed E-state index contributed by atoms with van der Waals surface area (Å²) in [4.78, 5) is 1.36. The van der Waals surface area contributed by atoms with E-state index in [0.717, 1.165) is 19.6 Å². The van der Waals surface area contributed by atoms with Crippen molar-refractivity contribution < 1.29 is 9.47 Å². The first-order valence-corrected chi connectivity index (χ1v) is 6.73. The third-order valence-electron chi connectivity index (χ3n) is 3.22. The van der Waals surface area contributed by atoms with E-state index in [2.05, 4.69) is 31.2 Å². The van der Waals surface area contributed by atoms with Gasteiger partial charge >= 0.3 is 0 Å². The molecule has 2 aliphatic rings. The number of fused-ring (bicyclic) bond motifs is 3. The van der Waals surface area contributed by atoms with Gasteiger partial charge < -0.3 is 9.47 Å². The summed E-state index contributed by atoms with van der Waals surface area (Å²) in [7, 11) is 0. The summed E-state index contributed by atoms with van der Waals surface area (Å²) < 4.78 is 11.8. The molecule has 2 nitrogen and oxygen atoms in total. The molecule has 3 atom stereocenters. The smallest absolute Gasteiger partial charge is 0.0982 e. The summed E-state index contributed by atoms with van der Waals surface area (Å²) >= 11 is 1.90. The molecular formula is C13H16O2S. The normalized spacial score (nSPS) is 33.7. The molecule has 1 aromatic carbocycles. The van der Waals surface area contributed by atoms with E-state index in [1.165, 1.54) is 10.5 Å². The van der Waals surface area contributed by atoms with E-state index < -0.39 is 0 Å². The van der Waals surface area contributed by atoms with Gasteiger partial charge in [0.05, 0.1) is 17.5 Å². The lowest BCUT2D eigenvalue weighted by Gasteiger charge is -2.28. The fourth-order valence-electron chi connectivity index (χ4n) is 2.37. The zero-order chi connectivity index (χ0) is 11.0. The molecule has 0 radical (unpaired) electrons. The third kappa shape index (κ3) is 1.77. The van der Waals surface area contributed by atoms with E-state index in [0.29, 0.717) is 5.25 Å². The predicted octanol–water partition coefficient (Wildman–Crippen LogP) is 3.03. The molecule has 2 aliphatic heterocycles. The highest BCUT2D eigenvalue weighted by atomic mass is 32.2. The van der Waals surface area contributed by atoms with Gasteiger partial charge in [0.25, 0.3) is 0 Å². The van der Waals surface area contributed by atoms with Crippen LogP contribution in [0.5, 0.6) is 0 Å². The molecule has 0 aliphatic carbocycles. The van der Waals surface area contributed by atoms with Crippen molar-refractivity contribution in [3.63, 3.8) is 0 Å². The van der Waals surface area contributed by atoms with Gasteiger partial charge in [-0.2, -0.15) is 0 Å². The molecule has 1 fully saturated rings. The Bertz CT molecular complexity index is 380. The topological polar surface area (TPSA) is 18.5 Å². The maximum Gasteiger partial charge on any atom is 0.0982 e. The van der Waals surface area contributed by atoms with Crippen LogP contribution in [0.15, 0.2) is 29.2 Å². The van der Waals surface area contributed by atoms with E-state index in [9.17, 15) is 0 Å². The van der Waals surface area contributed by atoms with Crippen LogP contribution in [0, 0.1) is 0 Å². The van der Waals surface area contributed by atoms with E-state index >= 15 is 0 Å². The van der Waals surface area contributed by atoms with Crippen molar-refractivity contribution in [1.29, 1.82) is 0 Å². The molecule has 0 saturated carbocycles. The lowest BCUT2D eigenvalue weighted by molar-refractivity contribution is -0.0409. The van der Waals surface area contributed by atoms with Gasteiger partial charge in [-0.15, -0.1) is 11.8 Å². The van der Waals surface area contributed by atoms with Gasteiger partial charge in [0.15, 0.2) is 0 Å². The molecule has 1 aromatic rings. The standard InChI is InChI=1S/C13H16O2S/c1-9-13-12(15-8-4-7-14-9)10-5-2-3-6-11(10)16-13/h2-3,5-6,9,12-13H,4,7-8H2,1H3. The molecule has 0 amide bonds. The van der Waals surface area contributed by atoms with Gasteiger partial charge in [0.2, 0.25) is 0 Å². The Kier molecular flexibility index (Phi) is 2.92. The summed E-state index contributed by atoms with van der Waals surface area (Å²) in [5.74, 6) is 0. The average Bonchev–Trinajstić information content (AvgIpc) is 2.65. The van der Waals surface area contributed by atoms with Crippen LogP contribution in [0.4, 0.5) is 0 Å². The summed E-state index contributed by atoms with van der Waals surface area (Å²) in [6, 6.07) is 8.55. The minimum Gasteiger partial charge on any atom is -0.377 e. The van der Waals surface area contributed by atoms with E-state index in [1.807, 2.05) is 11.8 Å². The Labute approximate surface area is 100 Å². The first kappa shape index (κ1) is 10.6. The van der Waals surface area contributed by atoms with Crippen molar-refractivity contribution in [3.05, 3.63) is 29.8 Å². The lowest BCUT2D eigenvalue weighted by atomic mass is 10.0. The maximum atomic E-state index is 6.00. The summed E-state index contributed by atoms with van der Waals surface area (Å²) in [5.41, 5.74) is 1.34. The Balaban J connectivity index is 1.92.